The Morgan fingerprint density at radius 1 is 1.00 bits per heavy atom. The maximum Gasteiger partial charge on any atom is 0.260 e. The maximum absolute atomic E-state index is 12.7. The number of hydrogen-bond acceptors (Lipinski definition) is 3. The van der Waals surface area contributed by atoms with Crippen LogP contribution in [0.15, 0.2) is 70.8 Å². The number of nitrogens with one attached hydrogen (secondary N) is 1. The Bertz CT molecular complexity index is 1060. The molecule has 124 valence electrons. The van der Waals surface area contributed by atoms with Crippen molar-refractivity contribution >= 4 is 22.2 Å². The number of fused-ring (bicyclic) bond motifs is 1. The molecule has 0 unspecified atom stereocenters. The standard InChI is InChI=1S/C21H17NO2S/c1-14-8-10-15(11-9-14)13-24-20-16-5-2-3-6-17(16)22-21(23)19(20)18-7-4-12-25-18/h2-12H,13H2,1H3,(H,22,23). The zero-order valence-corrected chi connectivity index (χ0v) is 14.6. The number of hydrogen-bond donors (Lipinski definition) is 1. The Hall–Kier alpha value is -2.85. The summed E-state index contributed by atoms with van der Waals surface area (Å²) in [5.41, 5.74) is 3.55. The monoisotopic (exact) mass is 347 g/mol. The van der Waals surface area contributed by atoms with Crippen LogP contribution in [0.3, 0.4) is 0 Å². The van der Waals surface area contributed by atoms with Gasteiger partial charge in [-0.2, -0.15) is 0 Å². The average molecular weight is 347 g/mol. The van der Waals surface area contributed by atoms with Crippen LogP contribution in [-0.4, -0.2) is 4.98 Å². The third-order valence-corrected chi connectivity index (χ3v) is 5.03. The average Bonchev–Trinajstić information content (AvgIpc) is 3.14. The lowest BCUT2D eigenvalue weighted by atomic mass is 10.1. The molecule has 25 heavy (non-hydrogen) atoms. The molecule has 0 saturated carbocycles. The number of thiophene rings is 1. The Morgan fingerprint density at radius 3 is 2.56 bits per heavy atom. The first-order valence-electron chi connectivity index (χ1n) is 8.09. The number of rotatable bonds is 4. The molecule has 0 aliphatic rings. The number of aromatic amines is 1. The molecule has 2 aromatic heterocycles. The van der Waals surface area contributed by atoms with E-state index in [4.69, 9.17) is 4.74 Å². The number of para-hydroxylation sites is 1. The highest BCUT2D eigenvalue weighted by Gasteiger charge is 2.16. The van der Waals surface area contributed by atoms with Crippen molar-refractivity contribution in [2.75, 3.05) is 0 Å². The van der Waals surface area contributed by atoms with Crippen LogP contribution in [-0.2, 0) is 6.61 Å². The van der Waals surface area contributed by atoms with Crippen LogP contribution >= 0.6 is 11.3 Å². The van der Waals surface area contributed by atoms with Gasteiger partial charge >= 0.3 is 0 Å². The summed E-state index contributed by atoms with van der Waals surface area (Å²) < 4.78 is 6.17. The Morgan fingerprint density at radius 2 is 1.80 bits per heavy atom. The first kappa shape index (κ1) is 15.7. The van der Waals surface area contributed by atoms with Crippen LogP contribution in [0.4, 0.5) is 0 Å². The van der Waals surface area contributed by atoms with E-state index in [1.807, 2.05) is 41.8 Å². The SMILES string of the molecule is Cc1ccc(COc2c(-c3cccs3)c(=O)[nH]c3ccccc23)cc1. The van der Waals surface area contributed by atoms with E-state index in [1.165, 1.54) is 16.9 Å². The van der Waals surface area contributed by atoms with Gasteiger partial charge in [0.2, 0.25) is 0 Å². The molecule has 4 aromatic rings. The fourth-order valence-corrected chi connectivity index (χ4v) is 3.61. The van der Waals surface area contributed by atoms with Gasteiger partial charge in [-0.15, -0.1) is 11.3 Å². The van der Waals surface area contributed by atoms with Crippen LogP contribution in [0.25, 0.3) is 21.3 Å². The third kappa shape index (κ3) is 3.08. The van der Waals surface area contributed by atoms with Gasteiger partial charge in [0.1, 0.15) is 12.4 Å². The molecule has 0 fully saturated rings. The molecule has 3 nitrogen and oxygen atoms in total. The van der Waals surface area contributed by atoms with Crippen molar-refractivity contribution in [3.63, 3.8) is 0 Å². The molecule has 0 aliphatic carbocycles. The van der Waals surface area contributed by atoms with Crippen LogP contribution in [0, 0.1) is 6.92 Å². The summed E-state index contributed by atoms with van der Waals surface area (Å²) in [4.78, 5) is 16.6. The van der Waals surface area contributed by atoms with E-state index in [0.717, 1.165) is 21.3 Å². The van der Waals surface area contributed by atoms with Crippen LogP contribution in [0.2, 0.25) is 0 Å². The van der Waals surface area contributed by atoms with Crippen molar-refractivity contribution in [3.05, 3.63) is 87.5 Å². The van der Waals surface area contributed by atoms with Gasteiger partial charge in [0.05, 0.1) is 11.1 Å². The van der Waals surface area contributed by atoms with E-state index in [1.54, 1.807) is 0 Å². The lowest BCUT2D eigenvalue weighted by Crippen LogP contribution is -2.11. The van der Waals surface area contributed by atoms with E-state index in [0.29, 0.717) is 17.9 Å². The minimum Gasteiger partial charge on any atom is -0.487 e. The van der Waals surface area contributed by atoms with Gasteiger partial charge in [0.25, 0.3) is 5.56 Å². The summed E-state index contributed by atoms with van der Waals surface area (Å²) in [6.07, 6.45) is 0. The Balaban J connectivity index is 1.83. The number of aromatic nitrogens is 1. The first-order valence-corrected chi connectivity index (χ1v) is 8.97. The second-order valence-corrected chi connectivity index (χ2v) is 6.90. The minimum absolute atomic E-state index is 0.125. The summed E-state index contributed by atoms with van der Waals surface area (Å²) in [5.74, 6) is 0.641. The summed E-state index contributed by atoms with van der Waals surface area (Å²) in [5, 5.41) is 2.88. The smallest absolute Gasteiger partial charge is 0.260 e. The molecule has 0 bridgehead atoms. The van der Waals surface area contributed by atoms with Crippen molar-refractivity contribution in [1.82, 2.24) is 4.98 Å². The van der Waals surface area contributed by atoms with Gasteiger partial charge in [0.15, 0.2) is 0 Å². The van der Waals surface area contributed by atoms with Crippen molar-refractivity contribution in [2.45, 2.75) is 13.5 Å². The predicted molar refractivity (Wildman–Crippen MR) is 103 cm³/mol. The topological polar surface area (TPSA) is 42.1 Å². The van der Waals surface area contributed by atoms with Gasteiger partial charge < -0.3 is 9.72 Å². The Labute approximate surface area is 149 Å². The summed E-state index contributed by atoms with van der Waals surface area (Å²) >= 11 is 1.54. The second-order valence-electron chi connectivity index (χ2n) is 5.96. The number of aryl methyl sites for hydroxylation is 1. The van der Waals surface area contributed by atoms with E-state index in [2.05, 4.69) is 36.2 Å². The second kappa shape index (κ2) is 6.57. The quantitative estimate of drug-likeness (QED) is 0.555. The van der Waals surface area contributed by atoms with Crippen molar-refractivity contribution in [2.24, 2.45) is 0 Å². The molecule has 4 heteroatoms. The highest BCUT2D eigenvalue weighted by Crippen LogP contribution is 2.35. The van der Waals surface area contributed by atoms with Crippen LogP contribution < -0.4 is 10.3 Å². The predicted octanol–water partition coefficient (Wildman–Crippen LogP) is 5.14. The molecule has 0 amide bonds. The van der Waals surface area contributed by atoms with Gasteiger partial charge in [-0.25, -0.2) is 0 Å². The molecular formula is C21H17NO2S. The molecule has 0 atom stereocenters. The lowest BCUT2D eigenvalue weighted by Gasteiger charge is -2.13. The van der Waals surface area contributed by atoms with Crippen LogP contribution in [0.1, 0.15) is 11.1 Å². The summed E-state index contributed by atoms with van der Waals surface area (Å²) in [6.45, 7) is 2.48. The minimum atomic E-state index is -0.125. The normalized spacial score (nSPS) is 10.9. The lowest BCUT2D eigenvalue weighted by molar-refractivity contribution is 0.311. The van der Waals surface area contributed by atoms with E-state index >= 15 is 0 Å². The fourth-order valence-electron chi connectivity index (χ4n) is 2.85. The molecule has 0 radical (unpaired) electrons. The molecule has 2 heterocycles. The molecule has 0 aliphatic heterocycles. The number of benzene rings is 2. The van der Waals surface area contributed by atoms with Gasteiger partial charge in [-0.05, 0) is 36.1 Å². The number of pyridine rings is 1. The van der Waals surface area contributed by atoms with Crippen molar-refractivity contribution in [1.29, 1.82) is 0 Å². The molecular weight excluding hydrogens is 330 g/mol. The summed E-state index contributed by atoms with van der Waals surface area (Å²) in [6, 6.07) is 19.9. The van der Waals surface area contributed by atoms with E-state index in [9.17, 15) is 4.79 Å². The number of H-pyrrole nitrogens is 1. The number of ether oxygens (including phenoxy) is 1. The zero-order valence-electron chi connectivity index (χ0n) is 13.8. The van der Waals surface area contributed by atoms with E-state index < -0.39 is 0 Å². The van der Waals surface area contributed by atoms with Gasteiger partial charge in [-0.3, -0.25) is 4.79 Å². The largest absolute Gasteiger partial charge is 0.487 e. The zero-order chi connectivity index (χ0) is 17.2. The van der Waals surface area contributed by atoms with Crippen molar-refractivity contribution < 1.29 is 4.74 Å². The molecule has 2 aromatic carbocycles. The third-order valence-electron chi connectivity index (χ3n) is 4.15. The molecule has 0 spiro atoms. The highest BCUT2D eigenvalue weighted by atomic mass is 32.1. The van der Waals surface area contributed by atoms with E-state index in [-0.39, 0.29) is 5.56 Å². The summed E-state index contributed by atoms with van der Waals surface area (Å²) in [7, 11) is 0. The van der Waals surface area contributed by atoms with Gasteiger partial charge in [-0.1, -0.05) is 48.0 Å². The fraction of sp³-hybridized carbons (Fsp3) is 0.0952. The highest BCUT2D eigenvalue weighted by molar-refractivity contribution is 7.13. The van der Waals surface area contributed by atoms with Gasteiger partial charge in [0, 0.05) is 10.3 Å². The maximum atomic E-state index is 12.7. The Kier molecular flexibility index (Phi) is 4.12. The van der Waals surface area contributed by atoms with Crippen LogP contribution in [0.5, 0.6) is 5.75 Å². The molecule has 1 N–H and O–H groups in total. The first-order chi connectivity index (χ1) is 12.2. The molecule has 0 saturated heterocycles. The molecule has 4 rings (SSSR count). The van der Waals surface area contributed by atoms with Crippen molar-refractivity contribution in [3.8, 4) is 16.2 Å².